The zero-order valence-corrected chi connectivity index (χ0v) is 17.9. The maximum Gasteiger partial charge on any atom is 0.221 e. The van der Waals surface area contributed by atoms with Gasteiger partial charge in [-0.1, -0.05) is 72.8 Å². The zero-order chi connectivity index (χ0) is 21.1. The number of carbonyl (C=O) groups excluding carboxylic acids is 1. The van der Waals surface area contributed by atoms with Crippen molar-refractivity contribution in [3.05, 3.63) is 101 Å². The first-order valence-corrected chi connectivity index (χ1v) is 10.6. The Morgan fingerprint density at radius 1 is 1.00 bits per heavy atom. The first-order chi connectivity index (χ1) is 14.4. The molecular weight excluding hydrogens is 370 g/mol. The summed E-state index contributed by atoms with van der Waals surface area (Å²) in [7, 11) is 0. The van der Waals surface area contributed by atoms with Gasteiger partial charge in [0, 0.05) is 24.3 Å². The molecular formula is C27H29NO2. The lowest BCUT2D eigenvalue weighted by atomic mass is 9.87. The van der Waals surface area contributed by atoms with Gasteiger partial charge in [0.25, 0.3) is 0 Å². The highest BCUT2D eigenvalue weighted by Gasteiger charge is 2.35. The van der Waals surface area contributed by atoms with Crippen LogP contribution in [0.25, 0.3) is 0 Å². The summed E-state index contributed by atoms with van der Waals surface area (Å²) in [5.41, 5.74) is 4.20. The van der Waals surface area contributed by atoms with Crippen LogP contribution in [0.1, 0.15) is 60.9 Å². The van der Waals surface area contributed by atoms with Crippen LogP contribution >= 0.6 is 0 Å². The third-order valence-corrected chi connectivity index (χ3v) is 5.76. The molecule has 0 saturated heterocycles. The Balaban J connectivity index is 1.57. The molecule has 154 valence electrons. The largest absolute Gasteiger partial charge is 0.487 e. The van der Waals surface area contributed by atoms with Gasteiger partial charge >= 0.3 is 0 Å². The molecule has 3 aromatic rings. The predicted octanol–water partition coefficient (Wildman–Crippen LogP) is 5.94. The van der Waals surface area contributed by atoms with E-state index >= 15 is 0 Å². The van der Waals surface area contributed by atoms with Gasteiger partial charge in [-0.15, -0.1) is 0 Å². The van der Waals surface area contributed by atoms with Crippen molar-refractivity contribution in [3.63, 3.8) is 0 Å². The van der Waals surface area contributed by atoms with Gasteiger partial charge in [-0.2, -0.15) is 0 Å². The molecule has 0 aliphatic carbocycles. The molecule has 30 heavy (non-hydrogen) atoms. The SMILES string of the molecule is Cc1ccc2c(c1)OC(C)(C)C[C@H]2NC(=O)CC(c1ccccc1)c1ccccc1. The molecule has 0 radical (unpaired) electrons. The van der Waals surface area contributed by atoms with Gasteiger partial charge in [0.1, 0.15) is 11.4 Å². The van der Waals surface area contributed by atoms with Gasteiger partial charge in [0.05, 0.1) is 6.04 Å². The van der Waals surface area contributed by atoms with Crippen LogP contribution < -0.4 is 10.1 Å². The second-order valence-electron chi connectivity index (χ2n) is 8.81. The smallest absolute Gasteiger partial charge is 0.221 e. The van der Waals surface area contributed by atoms with Crippen LogP contribution in [0.2, 0.25) is 0 Å². The van der Waals surface area contributed by atoms with Gasteiger partial charge in [-0.05, 0) is 43.5 Å². The molecule has 0 bridgehead atoms. The summed E-state index contributed by atoms with van der Waals surface area (Å²) in [4.78, 5) is 13.2. The van der Waals surface area contributed by atoms with E-state index in [-0.39, 0.29) is 23.5 Å². The standard InChI is InChI=1S/C27H29NO2/c1-19-14-15-22-24(18-27(2,3)30-25(22)16-19)28-26(29)17-23(20-10-6-4-7-11-20)21-12-8-5-9-13-21/h4-16,23-24H,17-18H2,1-3H3,(H,28,29)/t24-/m1/s1. The van der Waals surface area contributed by atoms with Gasteiger partial charge in [-0.25, -0.2) is 0 Å². The van der Waals surface area contributed by atoms with Crippen molar-refractivity contribution in [3.8, 4) is 5.75 Å². The van der Waals surface area contributed by atoms with Crippen molar-refractivity contribution in [2.75, 3.05) is 0 Å². The zero-order valence-electron chi connectivity index (χ0n) is 17.9. The number of benzene rings is 3. The Bertz CT molecular complexity index is 972. The molecule has 1 amide bonds. The Labute approximate surface area is 179 Å². The first kappa shape index (κ1) is 20.2. The Morgan fingerprint density at radius 3 is 2.20 bits per heavy atom. The van der Waals surface area contributed by atoms with Crippen LogP contribution in [0.15, 0.2) is 78.9 Å². The van der Waals surface area contributed by atoms with E-state index in [9.17, 15) is 4.79 Å². The van der Waals surface area contributed by atoms with E-state index in [0.29, 0.717) is 6.42 Å². The van der Waals surface area contributed by atoms with E-state index in [2.05, 4.69) is 68.6 Å². The van der Waals surface area contributed by atoms with E-state index in [1.165, 1.54) is 0 Å². The number of fused-ring (bicyclic) bond motifs is 1. The summed E-state index contributed by atoms with van der Waals surface area (Å²) in [5, 5.41) is 3.30. The summed E-state index contributed by atoms with van der Waals surface area (Å²) in [6.45, 7) is 6.21. The molecule has 1 aliphatic rings. The summed E-state index contributed by atoms with van der Waals surface area (Å²) in [6, 6.07) is 26.7. The second-order valence-corrected chi connectivity index (χ2v) is 8.81. The molecule has 3 nitrogen and oxygen atoms in total. The van der Waals surface area contributed by atoms with Crippen molar-refractivity contribution in [2.24, 2.45) is 0 Å². The molecule has 1 atom stereocenters. The van der Waals surface area contributed by atoms with Crippen molar-refractivity contribution in [2.45, 2.75) is 51.2 Å². The normalized spacial score (nSPS) is 17.1. The molecule has 1 N–H and O–H groups in total. The van der Waals surface area contributed by atoms with E-state index in [0.717, 1.165) is 34.4 Å². The van der Waals surface area contributed by atoms with Gasteiger partial charge in [-0.3, -0.25) is 4.79 Å². The molecule has 4 rings (SSSR count). The average Bonchev–Trinajstić information content (AvgIpc) is 2.72. The van der Waals surface area contributed by atoms with Crippen LogP contribution in [0, 0.1) is 6.92 Å². The monoisotopic (exact) mass is 399 g/mol. The Hall–Kier alpha value is -3.07. The maximum atomic E-state index is 13.2. The Kier molecular flexibility index (Phi) is 5.63. The first-order valence-electron chi connectivity index (χ1n) is 10.6. The fraction of sp³-hybridized carbons (Fsp3) is 0.296. The van der Waals surface area contributed by atoms with Gasteiger partial charge in [0.15, 0.2) is 0 Å². The molecule has 0 unspecified atom stereocenters. The number of hydrogen-bond acceptors (Lipinski definition) is 2. The van der Waals surface area contributed by atoms with Crippen LogP contribution in [0.3, 0.4) is 0 Å². The summed E-state index contributed by atoms with van der Waals surface area (Å²) >= 11 is 0. The topological polar surface area (TPSA) is 38.3 Å². The predicted molar refractivity (Wildman–Crippen MR) is 121 cm³/mol. The number of ether oxygens (including phenoxy) is 1. The summed E-state index contributed by atoms with van der Waals surface area (Å²) in [6.07, 6.45) is 1.16. The number of carbonyl (C=O) groups is 1. The quantitative estimate of drug-likeness (QED) is 0.577. The minimum atomic E-state index is -0.322. The van der Waals surface area contributed by atoms with Crippen molar-refractivity contribution >= 4 is 5.91 Å². The number of rotatable bonds is 5. The van der Waals surface area contributed by atoms with Crippen molar-refractivity contribution < 1.29 is 9.53 Å². The lowest BCUT2D eigenvalue weighted by Gasteiger charge is -2.38. The van der Waals surface area contributed by atoms with E-state index in [4.69, 9.17) is 4.74 Å². The molecule has 3 aromatic carbocycles. The molecule has 3 heteroatoms. The van der Waals surface area contributed by atoms with E-state index in [1.54, 1.807) is 0 Å². The van der Waals surface area contributed by atoms with Crippen molar-refractivity contribution in [1.82, 2.24) is 5.32 Å². The fourth-order valence-electron chi connectivity index (χ4n) is 4.32. The third-order valence-electron chi connectivity index (χ3n) is 5.76. The average molecular weight is 400 g/mol. The highest BCUT2D eigenvalue weighted by atomic mass is 16.5. The fourth-order valence-corrected chi connectivity index (χ4v) is 4.32. The molecule has 1 aliphatic heterocycles. The second kappa shape index (κ2) is 8.35. The van der Waals surface area contributed by atoms with E-state index < -0.39 is 0 Å². The highest BCUT2D eigenvalue weighted by molar-refractivity contribution is 5.78. The molecule has 0 aromatic heterocycles. The van der Waals surface area contributed by atoms with Crippen molar-refractivity contribution in [1.29, 1.82) is 0 Å². The van der Waals surface area contributed by atoms with Gasteiger partial charge < -0.3 is 10.1 Å². The number of amides is 1. The molecule has 0 saturated carbocycles. The maximum absolute atomic E-state index is 13.2. The number of nitrogens with one attached hydrogen (secondary N) is 1. The number of aryl methyl sites for hydroxylation is 1. The number of hydrogen-bond donors (Lipinski definition) is 1. The highest BCUT2D eigenvalue weighted by Crippen LogP contribution is 2.40. The minimum Gasteiger partial charge on any atom is -0.487 e. The van der Waals surface area contributed by atoms with Crippen LogP contribution in [0.4, 0.5) is 0 Å². The molecule has 1 heterocycles. The van der Waals surface area contributed by atoms with Crippen LogP contribution in [-0.2, 0) is 4.79 Å². The summed E-state index contributed by atoms with van der Waals surface area (Å²) < 4.78 is 6.18. The van der Waals surface area contributed by atoms with E-state index in [1.807, 2.05) is 36.4 Å². The molecule has 0 fully saturated rings. The van der Waals surface area contributed by atoms with Crippen LogP contribution in [-0.4, -0.2) is 11.5 Å². The molecule has 0 spiro atoms. The Morgan fingerprint density at radius 2 is 1.60 bits per heavy atom. The minimum absolute atomic E-state index is 0.0257. The van der Waals surface area contributed by atoms with Gasteiger partial charge in [0.2, 0.25) is 5.91 Å². The lowest BCUT2D eigenvalue weighted by molar-refractivity contribution is -0.122. The summed E-state index contributed by atoms with van der Waals surface area (Å²) in [5.74, 6) is 0.957. The van der Waals surface area contributed by atoms with Crippen LogP contribution in [0.5, 0.6) is 5.75 Å². The third kappa shape index (κ3) is 4.56. The lowest BCUT2D eigenvalue weighted by Crippen LogP contribution is -2.41.